The molecule has 0 saturated heterocycles. The highest BCUT2D eigenvalue weighted by atomic mass is 19.4. The van der Waals surface area contributed by atoms with Crippen LogP contribution in [0, 0.1) is 0 Å². The molecule has 0 radical (unpaired) electrons. The number of aromatic nitrogens is 1. The molecule has 0 aliphatic heterocycles. The van der Waals surface area contributed by atoms with Crippen LogP contribution < -0.4 is 4.74 Å². The Morgan fingerprint density at radius 1 is 1.11 bits per heavy atom. The zero-order valence-electron chi connectivity index (χ0n) is 9.82. The number of hydrogen-bond donors (Lipinski definition) is 0. The maximum absolute atomic E-state index is 12.5. The van der Waals surface area contributed by atoms with Crippen molar-refractivity contribution in [2.45, 2.75) is 6.18 Å². The van der Waals surface area contributed by atoms with Crippen LogP contribution in [0.4, 0.5) is 13.2 Å². The Bertz CT molecular complexity index is 576. The minimum absolute atomic E-state index is 0.114. The van der Waals surface area contributed by atoms with Gasteiger partial charge in [0, 0.05) is 0 Å². The molecule has 0 unspecified atom stereocenters. The van der Waals surface area contributed by atoms with E-state index in [2.05, 4.69) is 11.6 Å². The van der Waals surface area contributed by atoms with Crippen LogP contribution in [-0.2, 0) is 6.18 Å². The summed E-state index contributed by atoms with van der Waals surface area (Å²) in [6.45, 7) is 3.55. The number of alkyl halides is 3. The Morgan fingerprint density at radius 2 is 1.89 bits per heavy atom. The molecule has 0 bridgehead atoms. The number of ether oxygens (including phenoxy) is 1. The van der Waals surface area contributed by atoms with E-state index in [1.165, 1.54) is 18.3 Å². The van der Waals surface area contributed by atoms with Gasteiger partial charge in [-0.3, -0.25) is 4.98 Å². The number of benzene rings is 1. The maximum atomic E-state index is 12.5. The predicted octanol–water partition coefficient (Wildman–Crippen LogP) is 4.54. The lowest BCUT2D eigenvalue weighted by molar-refractivity contribution is -0.137. The molecule has 0 aliphatic carbocycles. The number of nitrogens with zero attached hydrogens (tertiary/aromatic N) is 1. The van der Waals surface area contributed by atoms with E-state index in [9.17, 15) is 13.2 Å². The largest absolute Gasteiger partial charge is 0.456 e. The lowest BCUT2D eigenvalue weighted by Crippen LogP contribution is -2.04. The molecule has 1 heterocycles. The van der Waals surface area contributed by atoms with Gasteiger partial charge in [-0.15, -0.1) is 0 Å². The minimum atomic E-state index is -4.38. The van der Waals surface area contributed by atoms with Gasteiger partial charge in [0.15, 0.2) is 0 Å². The van der Waals surface area contributed by atoms with E-state index in [-0.39, 0.29) is 5.75 Å². The van der Waals surface area contributed by atoms with Gasteiger partial charge in [-0.2, -0.15) is 13.2 Å². The summed E-state index contributed by atoms with van der Waals surface area (Å²) < 4.78 is 42.9. The quantitative estimate of drug-likeness (QED) is 0.813. The van der Waals surface area contributed by atoms with Gasteiger partial charge < -0.3 is 4.74 Å². The second kappa shape index (κ2) is 5.14. The van der Waals surface area contributed by atoms with Gasteiger partial charge in [0.05, 0.1) is 17.5 Å². The number of rotatable bonds is 3. The molecule has 2 aromatic rings. The summed E-state index contributed by atoms with van der Waals surface area (Å²) in [7, 11) is 0. The standard InChI is InChI=1S/C14H10F3NO/c1-2-11-6-7-13(9-18-11)19-12-5-3-4-10(8-12)14(15,16)17/h2-9H,1H2. The summed E-state index contributed by atoms with van der Waals surface area (Å²) >= 11 is 0. The third-order valence-electron chi connectivity index (χ3n) is 2.37. The summed E-state index contributed by atoms with van der Waals surface area (Å²) in [5, 5.41) is 0. The first-order valence-corrected chi connectivity index (χ1v) is 5.42. The van der Waals surface area contributed by atoms with Crippen LogP contribution in [0.25, 0.3) is 6.08 Å². The first kappa shape index (κ1) is 13.1. The smallest absolute Gasteiger partial charge is 0.416 e. The first-order chi connectivity index (χ1) is 8.99. The Labute approximate surface area is 108 Å². The van der Waals surface area contributed by atoms with E-state index >= 15 is 0 Å². The van der Waals surface area contributed by atoms with Crippen LogP contribution in [0.3, 0.4) is 0 Å². The summed E-state index contributed by atoms with van der Waals surface area (Å²) in [5.41, 5.74) is -0.0861. The fourth-order valence-electron chi connectivity index (χ4n) is 1.44. The number of pyridine rings is 1. The second-order valence-corrected chi connectivity index (χ2v) is 3.75. The van der Waals surface area contributed by atoms with E-state index in [1.807, 2.05) is 0 Å². The van der Waals surface area contributed by atoms with Crippen molar-refractivity contribution in [3.63, 3.8) is 0 Å². The van der Waals surface area contributed by atoms with Crippen molar-refractivity contribution in [1.29, 1.82) is 0 Å². The number of halogens is 3. The van der Waals surface area contributed by atoms with Crippen LogP contribution in [0.5, 0.6) is 11.5 Å². The highest BCUT2D eigenvalue weighted by Crippen LogP contribution is 2.32. The molecule has 0 aliphatic rings. The highest BCUT2D eigenvalue weighted by molar-refractivity contribution is 5.43. The minimum Gasteiger partial charge on any atom is -0.456 e. The van der Waals surface area contributed by atoms with E-state index < -0.39 is 11.7 Å². The SMILES string of the molecule is C=Cc1ccc(Oc2cccc(C(F)(F)F)c2)cn1. The van der Waals surface area contributed by atoms with Crippen LogP contribution in [-0.4, -0.2) is 4.98 Å². The molecular weight excluding hydrogens is 255 g/mol. The average molecular weight is 265 g/mol. The first-order valence-electron chi connectivity index (χ1n) is 5.42. The van der Waals surface area contributed by atoms with Gasteiger partial charge in [0.1, 0.15) is 11.5 Å². The summed E-state index contributed by atoms with van der Waals surface area (Å²) in [6.07, 6.45) is -1.39. The molecule has 1 aromatic heterocycles. The van der Waals surface area contributed by atoms with Gasteiger partial charge in [0.2, 0.25) is 0 Å². The van der Waals surface area contributed by atoms with Gasteiger partial charge in [-0.1, -0.05) is 12.6 Å². The molecule has 0 N–H and O–H groups in total. The average Bonchev–Trinajstić information content (AvgIpc) is 2.39. The van der Waals surface area contributed by atoms with Crippen LogP contribution in [0.15, 0.2) is 49.2 Å². The summed E-state index contributed by atoms with van der Waals surface area (Å²) in [5.74, 6) is 0.480. The molecule has 0 atom stereocenters. The molecule has 98 valence electrons. The molecule has 2 rings (SSSR count). The zero-order chi connectivity index (χ0) is 13.9. The van der Waals surface area contributed by atoms with E-state index in [0.717, 1.165) is 12.1 Å². The predicted molar refractivity (Wildman–Crippen MR) is 65.8 cm³/mol. The van der Waals surface area contributed by atoms with E-state index in [1.54, 1.807) is 18.2 Å². The topological polar surface area (TPSA) is 22.1 Å². The fraction of sp³-hybridized carbons (Fsp3) is 0.0714. The fourth-order valence-corrected chi connectivity index (χ4v) is 1.44. The van der Waals surface area contributed by atoms with Crippen LogP contribution in [0.1, 0.15) is 11.3 Å². The number of hydrogen-bond acceptors (Lipinski definition) is 2. The van der Waals surface area contributed by atoms with Crippen molar-refractivity contribution in [3.8, 4) is 11.5 Å². The third kappa shape index (κ3) is 3.34. The zero-order valence-corrected chi connectivity index (χ0v) is 9.82. The van der Waals surface area contributed by atoms with Gasteiger partial charge in [-0.05, 0) is 36.4 Å². The molecule has 1 aromatic carbocycles. The van der Waals surface area contributed by atoms with E-state index in [0.29, 0.717) is 11.4 Å². The second-order valence-electron chi connectivity index (χ2n) is 3.75. The van der Waals surface area contributed by atoms with Crippen molar-refractivity contribution in [2.75, 3.05) is 0 Å². The molecule has 2 nitrogen and oxygen atoms in total. The molecule has 19 heavy (non-hydrogen) atoms. The van der Waals surface area contributed by atoms with Crippen LogP contribution in [0.2, 0.25) is 0 Å². The lowest BCUT2D eigenvalue weighted by atomic mass is 10.2. The Balaban J connectivity index is 2.20. The van der Waals surface area contributed by atoms with Gasteiger partial charge >= 0.3 is 6.18 Å². The highest BCUT2D eigenvalue weighted by Gasteiger charge is 2.30. The lowest BCUT2D eigenvalue weighted by Gasteiger charge is -2.09. The molecular formula is C14H10F3NO. The Hall–Kier alpha value is -2.30. The van der Waals surface area contributed by atoms with Crippen molar-refractivity contribution in [2.24, 2.45) is 0 Å². The molecule has 0 amide bonds. The molecule has 0 fully saturated rings. The van der Waals surface area contributed by atoms with Gasteiger partial charge in [-0.25, -0.2) is 0 Å². The molecule has 0 saturated carbocycles. The monoisotopic (exact) mass is 265 g/mol. The summed E-state index contributed by atoms with van der Waals surface area (Å²) in [6, 6.07) is 7.97. The third-order valence-corrected chi connectivity index (χ3v) is 2.37. The van der Waals surface area contributed by atoms with Crippen LogP contribution >= 0.6 is 0 Å². The molecule has 0 spiro atoms. The van der Waals surface area contributed by atoms with E-state index in [4.69, 9.17) is 4.74 Å². The Morgan fingerprint density at radius 3 is 2.47 bits per heavy atom. The maximum Gasteiger partial charge on any atom is 0.416 e. The van der Waals surface area contributed by atoms with Crippen molar-refractivity contribution in [1.82, 2.24) is 4.98 Å². The van der Waals surface area contributed by atoms with Crippen molar-refractivity contribution in [3.05, 3.63) is 60.4 Å². The summed E-state index contributed by atoms with van der Waals surface area (Å²) in [4.78, 5) is 4.00. The normalized spacial score (nSPS) is 11.1. The van der Waals surface area contributed by atoms with Crippen molar-refractivity contribution < 1.29 is 17.9 Å². The van der Waals surface area contributed by atoms with Crippen molar-refractivity contribution >= 4 is 6.08 Å². The Kier molecular flexibility index (Phi) is 3.55. The molecule has 5 heteroatoms. The van der Waals surface area contributed by atoms with Gasteiger partial charge in [0.25, 0.3) is 0 Å².